The molecule has 1 aromatic carbocycles. The highest BCUT2D eigenvalue weighted by atomic mass is 16.5. The topological polar surface area (TPSA) is 30.5 Å². The van der Waals surface area contributed by atoms with Gasteiger partial charge in [-0.3, -0.25) is 0 Å². The summed E-state index contributed by atoms with van der Waals surface area (Å²) >= 11 is 0. The minimum atomic E-state index is 0.225. The number of nitrogens with one attached hydrogen (secondary N) is 1. The van der Waals surface area contributed by atoms with E-state index in [9.17, 15) is 0 Å². The lowest BCUT2D eigenvalue weighted by Gasteiger charge is -2.19. The van der Waals surface area contributed by atoms with E-state index in [1.807, 2.05) is 0 Å². The molecule has 0 radical (unpaired) electrons. The molecular weight excluding hydrogens is 250 g/mol. The van der Waals surface area contributed by atoms with Crippen LogP contribution in [0.15, 0.2) is 24.3 Å². The maximum Gasteiger partial charge on any atom is 0.0591 e. The molecule has 0 unspecified atom stereocenters. The first-order chi connectivity index (χ1) is 9.54. The van der Waals surface area contributed by atoms with Gasteiger partial charge >= 0.3 is 0 Å². The molecule has 3 heteroatoms. The SMILES string of the molecule is COCCNCCOCCc1ccc(C(C)(C)C)cc1. The lowest BCUT2D eigenvalue weighted by atomic mass is 9.86. The number of hydrogen-bond acceptors (Lipinski definition) is 3. The zero-order valence-corrected chi connectivity index (χ0v) is 13.4. The monoisotopic (exact) mass is 279 g/mol. The van der Waals surface area contributed by atoms with E-state index in [2.05, 4.69) is 50.4 Å². The van der Waals surface area contributed by atoms with Crippen molar-refractivity contribution in [1.29, 1.82) is 0 Å². The van der Waals surface area contributed by atoms with Crippen LogP contribution >= 0.6 is 0 Å². The van der Waals surface area contributed by atoms with Crippen molar-refractivity contribution in [1.82, 2.24) is 5.32 Å². The molecule has 0 aliphatic heterocycles. The standard InChI is InChI=1S/C17H29NO2/c1-17(2,3)16-7-5-15(6-8-16)9-12-20-14-11-18-10-13-19-4/h5-8,18H,9-14H2,1-4H3. The van der Waals surface area contributed by atoms with Crippen molar-refractivity contribution >= 4 is 0 Å². The third-order valence-corrected chi connectivity index (χ3v) is 3.26. The van der Waals surface area contributed by atoms with E-state index in [1.165, 1.54) is 11.1 Å². The van der Waals surface area contributed by atoms with Gasteiger partial charge < -0.3 is 14.8 Å². The molecule has 0 atom stereocenters. The Kier molecular flexibility index (Phi) is 7.82. The highest BCUT2D eigenvalue weighted by molar-refractivity contribution is 5.27. The van der Waals surface area contributed by atoms with Crippen molar-refractivity contribution < 1.29 is 9.47 Å². The Labute approximate surface area is 123 Å². The lowest BCUT2D eigenvalue weighted by molar-refractivity contribution is 0.135. The van der Waals surface area contributed by atoms with Crippen molar-refractivity contribution in [2.75, 3.05) is 40.0 Å². The summed E-state index contributed by atoms with van der Waals surface area (Å²) in [7, 11) is 1.71. The fourth-order valence-corrected chi connectivity index (χ4v) is 1.91. The molecule has 1 N–H and O–H groups in total. The number of benzene rings is 1. The first kappa shape index (κ1) is 17.2. The normalized spacial score (nSPS) is 11.8. The summed E-state index contributed by atoms with van der Waals surface area (Å²) in [6, 6.07) is 8.87. The van der Waals surface area contributed by atoms with Crippen LogP contribution in [0.25, 0.3) is 0 Å². The predicted octanol–water partition coefficient (Wildman–Crippen LogP) is 2.78. The van der Waals surface area contributed by atoms with E-state index >= 15 is 0 Å². The first-order valence-corrected chi connectivity index (χ1v) is 7.41. The summed E-state index contributed by atoms with van der Waals surface area (Å²) in [6.45, 7) is 10.8. The average Bonchev–Trinajstić information content (AvgIpc) is 2.41. The van der Waals surface area contributed by atoms with Crippen molar-refractivity contribution in [2.45, 2.75) is 32.6 Å². The molecule has 0 aromatic heterocycles. The van der Waals surface area contributed by atoms with Crippen LogP contribution in [0, 0.1) is 0 Å². The zero-order chi connectivity index (χ0) is 14.8. The molecule has 0 amide bonds. The van der Waals surface area contributed by atoms with Crippen molar-refractivity contribution in [3.8, 4) is 0 Å². The zero-order valence-electron chi connectivity index (χ0n) is 13.4. The summed E-state index contributed by atoms with van der Waals surface area (Å²) in [4.78, 5) is 0. The molecule has 3 nitrogen and oxygen atoms in total. The molecular formula is C17H29NO2. The van der Waals surface area contributed by atoms with Gasteiger partial charge in [-0.15, -0.1) is 0 Å². The van der Waals surface area contributed by atoms with Gasteiger partial charge in [-0.05, 0) is 23.0 Å². The molecule has 20 heavy (non-hydrogen) atoms. The van der Waals surface area contributed by atoms with Gasteiger partial charge in [-0.25, -0.2) is 0 Å². The summed E-state index contributed by atoms with van der Waals surface area (Å²) in [5.41, 5.74) is 2.94. The molecule has 0 spiro atoms. The van der Waals surface area contributed by atoms with E-state index in [4.69, 9.17) is 9.47 Å². The second kappa shape index (κ2) is 9.11. The fraction of sp³-hybridized carbons (Fsp3) is 0.647. The van der Waals surface area contributed by atoms with Crippen molar-refractivity contribution in [3.05, 3.63) is 35.4 Å². The van der Waals surface area contributed by atoms with Gasteiger partial charge in [0.05, 0.1) is 19.8 Å². The van der Waals surface area contributed by atoms with Gasteiger partial charge in [0.15, 0.2) is 0 Å². The van der Waals surface area contributed by atoms with Gasteiger partial charge in [0.25, 0.3) is 0 Å². The third kappa shape index (κ3) is 7.04. The fourth-order valence-electron chi connectivity index (χ4n) is 1.91. The van der Waals surface area contributed by atoms with Crippen molar-refractivity contribution in [3.63, 3.8) is 0 Å². The minimum absolute atomic E-state index is 0.225. The lowest BCUT2D eigenvalue weighted by Crippen LogP contribution is -2.23. The van der Waals surface area contributed by atoms with E-state index in [0.29, 0.717) is 0 Å². The molecule has 0 saturated heterocycles. The minimum Gasteiger partial charge on any atom is -0.383 e. The van der Waals surface area contributed by atoms with Crippen LogP contribution in [0.3, 0.4) is 0 Å². The quantitative estimate of drug-likeness (QED) is 0.705. The maximum atomic E-state index is 5.61. The van der Waals surface area contributed by atoms with Crippen LogP contribution in [0.5, 0.6) is 0 Å². The van der Waals surface area contributed by atoms with Crippen LogP contribution in [-0.2, 0) is 21.3 Å². The second-order valence-electron chi connectivity index (χ2n) is 6.05. The Morgan fingerprint density at radius 3 is 2.20 bits per heavy atom. The molecule has 0 aliphatic carbocycles. The van der Waals surface area contributed by atoms with E-state index in [0.717, 1.165) is 39.3 Å². The predicted molar refractivity (Wildman–Crippen MR) is 84.4 cm³/mol. The van der Waals surface area contributed by atoms with Crippen LogP contribution < -0.4 is 5.32 Å². The summed E-state index contributed by atoms with van der Waals surface area (Å²) in [6.07, 6.45) is 0.975. The Bertz CT molecular complexity index is 354. The Morgan fingerprint density at radius 1 is 0.950 bits per heavy atom. The van der Waals surface area contributed by atoms with E-state index < -0.39 is 0 Å². The second-order valence-corrected chi connectivity index (χ2v) is 6.05. The molecule has 0 heterocycles. The van der Waals surface area contributed by atoms with Gasteiger partial charge in [0.2, 0.25) is 0 Å². The Balaban J connectivity index is 2.13. The molecule has 0 fully saturated rings. The Morgan fingerprint density at radius 2 is 1.60 bits per heavy atom. The van der Waals surface area contributed by atoms with Crippen LogP contribution in [0.2, 0.25) is 0 Å². The van der Waals surface area contributed by atoms with Gasteiger partial charge in [-0.2, -0.15) is 0 Å². The first-order valence-electron chi connectivity index (χ1n) is 7.41. The summed E-state index contributed by atoms with van der Waals surface area (Å²) in [5.74, 6) is 0. The number of methoxy groups -OCH3 is 1. The van der Waals surface area contributed by atoms with E-state index in [1.54, 1.807) is 7.11 Å². The van der Waals surface area contributed by atoms with Crippen molar-refractivity contribution in [2.24, 2.45) is 0 Å². The molecule has 0 bridgehead atoms. The third-order valence-electron chi connectivity index (χ3n) is 3.26. The highest BCUT2D eigenvalue weighted by Crippen LogP contribution is 2.22. The molecule has 1 aromatic rings. The van der Waals surface area contributed by atoms with Gasteiger partial charge in [0, 0.05) is 20.2 Å². The largest absolute Gasteiger partial charge is 0.383 e. The van der Waals surface area contributed by atoms with Crippen LogP contribution in [-0.4, -0.2) is 40.0 Å². The van der Waals surface area contributed by atoms with Crippen LogP contribution in [0.1, 0.15) is 31.9 Å². The van der Waals surface area contributed by atoms with Gasteiger partial charge in [-0.1, -0.05) is 45.0 Å². The molecule has 0 aliphatic rings. The van der Waals surface area contributed by atoms with E-state index in [-0.39, 0.29) is 5.41 Å². The molecule has 114 valence electrons. The summed E-state index contributed by atoms with van der Waals surface area (Å²) < 4.78 is 10.6. The smallest absolute Gasteiger partial charge is 0.0591 e. The molecule has 1 rings (SSSR count). The van der Waals surface area contributed by atoms with Crippen LogP contribution in [0.4, 0.5) is 0 Å². The molecule has 0 saturated carbocycles. The highest BCUT2D eigenvalue weighted by Gasteiger charge is 2.12. The number of ether oxygens (including phenoxy) is 2. The number of rotatable bonds is 9. The summed E-state index contributed by atoms with van der Waals surface area (Å²) in [5, 5.41) is 3.26. The maximum absolute atomic E-state index is 5.61. The van der Waals surface area contributed by atoms with Gasteiger partial charge in [0.1, 0.15) is 0 Å². The average molecular weight is 279 g/mol. The number of hydrogen-bond donors (Lipinski definition) is 1. The Hall–Kier alpha value is -0.900.